The van der Waals surface area contributed by atoms with Gasteiger partial charge in [0.2, 0.25) is 0 Å². The molecule has 3 rings (SSSR count). The maximum absolute atomic E-state index is 12.4. The maximum atomic E-state index is 12.4. The van der Waals surface area contributed by atoms with Crippen LogP contribution in [-0.4, -0.2) is 17.1 Å². The number of nitrogens with one attached hydrogen (secondary N) is 1. The molecule has 6 heteroatoms. The van der Waals surface area contributed by atoms with E-state index >= 15 is 0 Å². The third kappa shape index (κ3) is 3.55. The highest BCUT2D eigenvalue weighted by Crippen LogP contribution is 2.20. The summed E-state index contributed by atoms with van der Waals surface area (Å²) < 4.78 is 0. The maximum Gasteiger partial charge on any atom is 0.272 e. The van der Waals surface area contributed by atoms with Crippen LogP contribution in [0.3, 0.4) is 0 Å². The fraction of sp³-hybridized carbons (Fsp3) is 0.0556. The fourth-order valence-electron chi connectivity index (χ4n) is 2.32. The number of para-hydroxylation sites is 1. The molecule has 1 amide bonds. The van der Waals surface area contributed by atoms with Gasteiger partial charge in [0, 0.05) is 21.7 Å². The Morgan fingerprint density at radius 2 is 1.96 bits per heavy atom. The predicted octanol–water partition coefficient (Wildman–Crippen LogP) is 4.61. The van der Waals surface area contributed by atoms with E-state index in [0.717, 1.165) is 16.6 Å². The summed E-state index contributed by atoms with van der Waals surface area (Å²) in [5.41, 5.74) is 5.25. The monoisotopic (exact) mass is 357 g/mol. The lowest BCUT2D eigenvalue weighted by atomic mass is 10.1. The molecule has 0 aliphatic carbocycles. The van der Waals surface area contributed by atoms with Crippen LogP contribution in [0, 0.1) is 6.92 Å². The number of halogens is 2. The molecular weight excluding hydrogens is 345 g/mol. The van der Waals surface area contributed by atoms with Crippen molar-refractivity contribution in [2.24, 2.45) is 5.10 Å². The van der Waals surface area contributed by atoms with Gasteiger partial charge in [0.05, 0.1) is 22.3 Å². The minimum atomic E-state index is -0.307. The normalized spacial score (nSPS) is 11.1. The van der Waals surface area contributed by atoms with Gasteiger partial charge in [-0.25, -0.2) is 5.43 Å². The molecular formula is C18H13Cl2N3O. The van der Waals surface area contributed by atoms with Gasteiger partial charge in [0.25, 0.3) is 5.91 Å². The molecule has 1 heterocycles. The molecule has 3 aromatic rings. The summed E-state index contributed by atoms with van der Waals surface area (Å²) >= 11 is 11.9. The third-order valence-electron chi connectivity index (χ3n) is 3.42. The van der Waals surface area contributed by atoms with E-state index in [2.05, 4.69) is 15.5 Å². The second kappa shape index (κ2) is 6.99. The van der Waals surface area contributed by atoms with E-state index in [1.54, 1.807) is 24.3 Å². The number of hydrogen-bond acceptors (Lipinski definition) is 3. The highest BCUT2D eigenvalue weighted by atomic mass is 35.5. The highest BCUT2D eigenvalue weighted by molar-refractivity contribution is 6.36. The number of hydrogen-bond donors (Lipinski definition) is 1. The van der Waals surface area contributed by atoms with E-state index in [1.165, 1.54) is 6.21 Å². The second-order valence-electron chi connectivity index (χ2n) is 5.19. The lowest BCUT2D eigenvalue weighted by Gasteiger charge is -2.06. The standard InChI is InChI=1S/C18H13Cl2N3O/c1-11-8-15(14-4-2-3-5-17(14)22-11)18(24)23-21-10-12-6-7-13(19)9-16(12)20/h2-10H,1H3,(H,23,24). The quantitative estimate of drug-likeness (QED) is 0.549. The molecule has 0 atom stereocenters. The molecule has 0 radical (unpaired) electrons. The summed E-state index contributed by atoms with van der Waals surface area (Å²) in [5.74, 6) is -0.307. The average Bonchev–Trinajstić information content (AvgIpc) is 2.56. The molecule has 1 aromatic heterocycles. The largest absolute Gasteiger partial charge is 0.272 e. The summed E-state index contributed by atoms with van der Waals surface area (Å²) in [4.78, 5) is 16.9. The van der Waals surface area contributed by atoms with E-state index in [1.807, 2.05) is 31.2 Å². The molecule has 0 bridgehead atoms. The van der Waals surface area contributed by atoms with Gasteiger partial charge >= 0.3 is 0 Å². The number of hydrazone groups is 1. The molecule has 2 aromatic carbocycles. The molecule has 0 fully saturated rings. The number of aromatic nitrogens is 1. The molecule has 120 valence electrons. The van der Waals surface area contributed by atoms with Gasteiger partial charge in [-0.3, -0.25) is 9.78 Å². The van der Waals surface area contributed by atoms with Crippen LogP contribution in [0.4, 0.5) is 0 Å². The van der Waals surface area contributed by atoms with Crippen LogP contribution in [-0.2, 0) is 0 Å². The molecule has 0 aliphatic heterocycles. The Bertz CT molecular complexity index is 954. The van der Waals surface area contributed by atoms with Crippen molar-refractivity contribution < 1.29 is 4.79 Å². The van der Waals surface area contributed by atoms with Gasteiger partial charge in [-0.1, -0.05) is 47.5 Å². The summed E-state index contributed by atoms with van der Waals surface area (Å²) in [6.07, 6.45) is 1.48. The lowest BCUT2D eigenvalue weighted by molar-refractivity contribution is 0.0956. The zero-order chi connectivity index (χ0) is 17.1. The fourth-order valence-corrected chi connectivity index (χ4v) is 2.78. The number of pyridine rings is 1. The van der Waals surface area contributed by atoms with E-state index in [4.69, 9.17) is 23.2 Å². The molecule has 0 aliphatic rings. The molecule has 24 heavy (non-hydrogen) atoms. The van der Waals surface area contributed by atoms with Crippen molar-refractivity contribution in [2.75, 3.05) is 0 Å². The Morgan fingerprint density at radius 3 is 2.75 bits per heavy atom. The van der Waals surface area contributed by atoms with Crippen molar-refractivity contribution in [3.05, 3.63) is 75.4 Å². The number of amides is 1. The van der Waals surface area contributed by atoms with Crippen molar-refractivity contribution in [1.82, 2.24) is 10.4 Å². The minimum Gasteiger partial charge on any atom is -0.267 e. The minimum absolute atomic E-state index is 0.307. The third-order valence-corrected chi connectivity index (χ3v) is 3.98. The van der Waals surface area contributed by atoms with E-state index in [-0.39, 0.29) is 5.91 Å². The highest BCUT2D eigenvalue weighted by Gasteiger charge is 2.11. The first-order valence-electron chi connectivity index (χ1n) is 7.19. The van der Waals surface area contributed by atoms with Crippen LogP contribution in [0.5, 0.6) is 0 Å². The molecule has 0 saturated heterocycles. The zero-order valence-electron chi connectivity index (χ0n) is 12.8. The molecule has 0 spiro atoms. The first-order chi connectivity index (χ1) is 11.5. The first-order valence-corrected chi connectivity index (χ1v) is 7.95. The van der Waals surface area contributed by atoms with Gasteiger partial charge in [-0.05, 0) is 31.2 Å². The second-order valence-corrected chi connectivity index (χ2v) is 6.04. The summed E-state index contributed by atoms with van der Waals surface area (Å²) in [6, 6.07) is 14.3. The number of aryl methyl sites for hydroxylation is 1. The summed E-state index contributed by atoms with van der Waals surface area (Å²) in [7, 11) is 0. The Balaban J connectivity index is 1.84. The summed E-state index contributed by atoms with van der Waals surface area (Å²) in [5, 5.41) is 5.76. The zero-order valence-corrected chi connectivity index (χ0v) is 14.3. The van der Waals surface area contributed by atoms with Crippen molar-refractivity contribution in [1.29, 1.82) is 0 Å². The SMILES string of the molecule is Cc1cc(C(=O)NN=Cc2ccc(Cl)cc2Cl)c2ccccc2n1. The number of rotatable bonds is 3. The van der Waals surface area contributed by atoms with E-state index < -0.39 is 0 Å². The van der Waals surface area contributed by atoms with Gasteiger partial charge in [0.1, 0.15) is 0 Å². The van der Waals surface area contributed by atoms with Crippen LogP contribution in [0.15, 0.2) is 53.6 Å². The average molecular weight is 358 g/mol. The molecule has 4 nitrogen and oxygen atoms in total. The predicted molar refractivity (Wildman–Crippen MR) is 98.0 cm³/mol. The van der Waals surface area contributed by atoms with Crippen molar-refractivity contribution in [2.45, 2.75) is 6.92 Å². The molecule has 1 N–H and O–H groups in total. The Morgan fingerprint density at radius 1 is 1.17 bits per heavy atom. The Hall–Kier alpha value is -2.43. The number of nitrogens with zero attached hydrogens (tertiary/aromatic N) is 2. The Labute approximate surface area is 149 Å². The van der Waals surface area contributed by atoms with E-state index in [9.17, 15) is 4.79 Å². The van der Waals surface area contributed by atoms with Crippen LogP contribution < -0.4 is 5.43 Å². The molecule has 0 saturated carbocycles. The number of carbonyl (C=O) groups excluding carboxylic acids is 1. The first kappa shape index (κ1) is 16.4. The van der Waals surface area contributed by atoms with Gasteiger partial charge in [-0.15, -0.1) is 0 Å². The Kier molecular flexibility index (Phi) is 4.79. The van der Waals surface area contributed by atoms with Crippen LogP contribution in [0.25, 0.3) is 10.9 Å². The van der Waals surface area contributed by atoms with Gasteiger partial charge < -0.3 is 0 Å². The number of fused-ring (bicyclic) bond motifs is 1. The van der Waals surface area contributed by atoms with Crippen LogP contribution >= 0.6 is 23.2 Å². The molecule has 0 unspecified atom stereocenters. The number of benzene rings is 2. The van der Waals surface area contributed by atoms with Crippen molar-refractivity contribution in [3.63, 3.8) is 0 Å². The van der Waals surface area contributed by atoms with Crippen LogP contribution in [0.1, 0.15) is 21.6 Å². The van der Waals surface area contributed by atoms with E-state index in [0.29, 0.717) is 21.2 Å². The summed E-state index contributed by atoms with van der Waals surface area (Å²) in [6.45, 7) is 1.85. The topological polar surface area (TPSA) is 54.4 Å². The van der Waals surface area contributed by atoms with Gasteiger partial charge in [0.15, 0.2) is 0 Å². The smallest absolute Gasteiger partial charge is 0.267 e. The number of carbonyl (C=O) groups is 1. The van der Waals surface area contributed by atoms with Crippen molar-refractivity contribution >= 4 is 46.2 Å². The van der Waals surface area contributed by atoms with Gasteiger partial charge in [-0.2, -0.15) is 5.10 Å². The van der Waals surface area contributed by atoms with Crippen molar-refractivity contribution in [3.8, 4) is 0 Å². The van der Waals surface area contributed by atoms with Crippen LogP contribution in [0.2, 0.25) is 10.0 Å². The lowest BCUT2D eigenvalue weighted by Crippen LogP contribution is -2.18.